The summed E-state index contributed by atoms with van der Waals surface area (Å²) in [5, 5.41) is 9.08. The molecule has 0 radical (unpaired) electrons. The molecular formula is C28H27NO3. The van der Waals surface area contributed by atoms with Crippen LogP contribution < -0.4 is 4.74 Å². The first kappa shape index (κ1) is 21.7. The average molecular weight is 426 g/mol. The van der Waals surface area contributed by atoms with Gasteiger partial charge in [0.2, 0.25) is 0 Å². The third-order valence-corrected chi connectivity index (χ3v) is 5.72. The highest BCUT2D eigenvalue weighted by Crippen LogP contribution is 2.25. The van der Waals surface area contributed by atoms with Crippen molar-refractivity contribution < 1.29 is 14.6 Å². The first-order valence-electron chi connectivity index (χ1n) is 10.8. The van der Waals surface area contributed by atoms with E-state index in [0.29, 0.717) is 6.61 Å². The highest BCUT2D eigenvalue weighted by Gasteiger charge is 2.18. The number of rotatable bonds is 8. The molecule has 4 rings (SSSR count). The third kappa shape index (κ3) is 5.57. The molecule has 162 valence electrons. The van der Waals surface area contributed by atoms with Crippen LogP contribution in [-0.2, 0) is 31.0 Å². The highest BCUT2D eigenvalue weighted by atomic mass is 16.5. The van der Waals surface area contributed by atoms with Gasteiger partial charge in [0.05, 0.1) is 12.3 Å². The lowest BCUT2D eigenvalue weighted by molar-refractivity contribution is -0.137. The molecular weight excluding hydrogens is 398 g/mol. The maximum Gasteiger partial charge on any atom is 0.304 e. The Bertz CT molecular complexity index is 1100. The summed E-state index contributed by atoms with van der Waals surface area (Å²) < 4.78 is 5.92. The quantitative estimate of drug-likeness (QED) is 0.494. The monoisotopic (exact) mass is 425 g/mol. The van der Waals surface area contributed by atoms with Gasteiger partial charge in [0.15, 0.2) is 0 Å². The zero-order chi connectivity index (χ0) is 22.3. The predicted molar refractivity (Wildman–Crippen MR) is 125 cm³/mol. The molecule has 32 heavy (non-hydrogen) atoms. The first-order valence-corrected chi connectivity index (χ1v) is 10.8. The van der Waals surface area contributed by atoms with E-state index in [9.17, 15) is 4.79 Å². The molecule has 0 spiro atoms. The molecule has 4 heteroatoms. The molecule has 3 aromatic carbocycles. The van der Waals surface area contributed by atoms with Crippen molar-refractivity contribution in [3.63, 3.8) is 0 Å². The van der Waals surface area contributed by atoms with Crippen LogP contribution in [0, 0.1) is 11.8 Å². The molecule has 3 aromatic rings. The van der Waals surface area contributed by atoms with E-state index in [2.05, 4.69) is 65.3 Å². The van der Waals surface area contributed by atoms with E-state index in [-0.39, 0.29) is 12.3 Å². The summed E-state index contributed by atoms with van der Waals surface area (Å²) in [4.78, 5) is 13.5. The molecule has 1 unspecified atom stereocenters. The molecule has 0 saturated heterocycles. The molecule has 1 aliphatic heterocycles. The second-order valence-corrected chi connectivity index (χ2v) is 8.13. The molecule has 1 heterocycles. The van der Waals surface area contributed by atoms with Crippen molar-refractivity contribution in [2.75, 3.05) is 0 Å². The van der Waals surface area contributed by atoms with Crippen molar-refractivity contribution in [2.45, 2.75) is 45.5 Å². The van der Waals surface area contributed by atoms with Crippen molar-refractivity contribution in [1.82, 2.24) is 4.90 Å². The Hall–Kier alpha value is -3.55. The van der Waals surface area contributed by atoms with Crippen molar-refractivity contribution in [3.8, 4) is 17.6 Å². The summed E-state index contributed by atoms with van der Waals surface area (Å²) in [6.45, 7) is 5.17. The topological polar surface area (TPSA) is 49.8 Å². The number of carboxylic acid groups (broad SMARTS) is 1. The van der Waals surface area contributed by atoms with Gasteiger partial charge in [0.25, 0.3) is 0 Å². The first-order chi connectivity index (χ1) is 15.6. The largest absolute Gasteiger partial charge is 0.489 e. The smallest absolute Gasteiger partial charge is 0.304 e. The molecule has 4 nitrogen and oxygen atoms in total. The minimum absolute atomic E-state index is 0.00307. The van der Waals surface area contributed by atoms with Crippen LogP contribution in [0.3, 0.4) is 0 Å². The van der Waals surface area contributed by atoms with E-state index in [0.717, 1.165) is 36.5 Å². The number of carbonyl (C=O) groups is 1. The van der Waals surface area contributed by atoms with Crippen molar-refractivity contribution in [2.24, 2.45) is 0 Å². The summed E-state index contributed by atoms with van der Waals surface area (Å²) in [6.07, 6.45) is -0.00307. The lowest BCUT2D eigenvalue weighted by Gasteiger charge is -2.15. The van der Waals surface area contributed by atoms with E-state index >= 15 is 0 Å². The van der Waals surface area contributed by atoms with Gasteiger partial charge in [-0.3, -0.25) is 9.69 Å². The Morgan fingerprint density at radius 1 is 0.969 bits per heavy atom. The van der Waals surface area contributed by atoms with Crippen LogP contribution >= 0.6 is 0 Å². The average Bonchev–Trinajstić information content (AvgIpc) is 3.21. The fourth-order valence-corrected chi connectivity index (χ4v) is 4.08. The van der Waals surface area contributed by atoms with Crippen molar-refractivity contribution in [3.05, 3.63) is 101 Å². The molecule has 0 aromatic heterocycles. The standard InChI is InChI=1S/C28H27NO3/c1-2-5-24(16-28(30)31)23-12-14-27(15-13-23)32-20-22-10-8-21(9-11-22)17-29-18-25-6-3-4-7-26(25)19-29/h3-4,6-15,24H,16-20H2,1H3,(H,30,31). The summed E-state index contributed by atoms with van der Waals surface area (Å²) in [5.74, 6) is 5.39. The number of hydrogen-bond donors (Lipinski definition) is 1. The van der Waals surface area contributed by atoms with Gasteiger partial charge < -0.3 is 9.84 Å². The Morgan fingerprint density at radius 2 is 1.59 bits per heavy atom. The molecule has 0 fully saturated rings. The second kappa shape index (κ2) is 10.2. The maximum absolute atomic E-state index is 11.1. The van der Waals surface area contributed by atoms with Gasteiger partial charge in [-0.1, -0.05) is 66.6 Å². The predicted octanol–water partition coefficient (Wildman–Crippen LogP) is 5.36. The highest BCUT2D eigenvalue weighted by molar-refractivity contribution is 5.69. The van der Waals surface area contributed by atoms with E-state index in [1.165, 1.54) is 16.7 Å². The molecule has 0 aliphatic carbocycles. The van der Waals surface area contributed by atoms with Gasteiger partial charge in [-0.05, 0) is 46.9 Å². The van der Waals surface area contributed by atoms with Crippen LogP contribution in [0.2, 0.25) is 0 Å². The maximum atomic E-state index is 11.1. The number of carboxylic acids is 1. The third-order valence-electron chi connectivity index (χ3n) is 5.72. The lowest BCUT2D eigenvalue weighted by Crippen LogP contribution is -2.15. The summed E-state index contributed by atoms with van der Waals surface area (Å²) in [6, 6.07) is 24.8. The van der Waals surface area contributed by atoms with E-state index < -0.39 is 5.97 Å². The Labute approximate surface area is 189 Å². The summed E-state index contributed by atoms with van der Waals surface area (Å²) in [5.41, 5.74) is 6.16. The van der Waals surface area contributed by atoms with Crippen LogP contribution in [0.25, 0.3) is 0 Å². The zero-order valence-corrected chi connectivity index (χ0v) is 18.3. The van der Waals surface area contributed by atoms with Gasteiger partial charge in [-0.25, -0.2) is 0 Å². The number of fused-ring (bicyclic) bond motifs is 1. The number of ether oxygens (including phenoxy) is 1. The zero-order valence-electron chi connectivity index (χ0n) is 18.3. The fourth-order valence-electron chi connectivity index (χ4n) is 4.08. The van der Waals surface area contributed by atoms with Crippen LogP contribution in [-0.4, -0.2) is 16.0 Å². The summed E-state index contributed by atoms with van der Waals surface area (Å²) in [7, 11) is 0. The van der Waals surface area contributed by atoms with Crippen LogP contribution in [0.4, 0.5) is 0 Å². The second-order valence-electron chi connectivity index (χ2n) is 8.13. The van der Waals surface area contributed by atoms with Crippen molar-refractivity contribution >= 4 is 5.97 Å². The van der Waals surface area contributed by atoms with Crippen molar-refractivity contribution in [1.29, 1.82) is 0 Å². The number of aliphatic carboxylic acids is 1. The van der Waals surface area contributed by atoms with Gasteiger partial charge in [0, 0.05) is 19.6 Å². The van der Waals surface area contributed by atoms with E-state index in [1.807, 2.05) is 24.3 Å². The molecule has 0 bridgehead atoms. The van der Waals surface area contributed by atoms with Gasteiger partial charge in [-0.15, -0.1) is 5.92 Å². The van der Waals surface area contributed by atoms with Crippen LogP contribution in [0.1, 0.15) is 47.1 Å². The molecule has 0 saturated carbocycles. The number of nitrogens with zero attached hydrogens (tertiary/aromatic N) is 1. The lowest BCUT2D eigenvalue weighted by atomic mass is 9.96. The normalized spacial score (nSPS) is 13.7. The Morgan fingerprint density at radius 3 is 2.19 bits per heavy atom. The molecule has 1 N–H and O–H groups in total. The van der Waals surface area contributed by atoms with Gasteiger partial charge in [0.1, 0.15) is 12.4 Å². The van der Waals surface area contributed by atoms with E-state index in [4.69, 9.17) is 9.84 Å². The Balaban J connectivity index is 1.29. The SMILES string of the molecule is CC#CC(CC(=O)O)c1ccc(OCc2ccc(CN3Cc4ccccc4C3)cc2)cc1. The number of benzene rings is 3. The molecule has 1 aliphatic rings. The van der Waals surface area contributed by atoms with Gasteiger partial charge >= 0.3 is 5.97 Å². The number of hydrogen-bond acceptors (Lipinski definition) is 3. The van der Waals surface area contributed by atoms with Crippen LogP contribution in [0.15, 0.2) is 72.8 Å². The summed E-state index contributed by atoms with van der Waals surface area (Å²) >= 11 is 0. The van der Waals surface area contributed by atoms with Crippen LogP contribution in [0.5, 0.6) is 5.75 Å². The Kier molecular flexibility index (Phi) is 6.89. The van der Waals surface area contributed by atoms with E-state index in [1.54, 1.807) is 6.92 Å². The fraction of sp³-hybridized carbons (Fsp3) is 0.250. The molecule has 0 amide bonds. The minimum atomic E-state index is -0.851. The van der Waals surface area contributed by atoms with Gasteiger partial charge in [-0.2, -0.15) is 0 Å². The minimum Gasteiger partial charge on any atom is -0.489 e. The molecule has 1 atom stereocenters.